The van der Waals surface area contributed by atoms with Gasteiger partial charge in [-0.3, -0.25) is 4.90 Å². The smallest absolute Gasteiger partial charge is 0.328 e. The molecule has 14 heavy (non-hydrogen) atoms. The molecule has 2 nitrogen and oxygen atoms in total. The van der Waals surface area contributed by atoms with Gasteiger partial charge in [-0.2, -0.15) is 13.2 Å². The molecule has 86 valence electrons. The first-order valence-corrected chi connectivity index (χ1v) is 4.86. The Morgan fingerprint density at radius 3 is 2.36 bits per heavy atom. The second-order valence-corrected chi connectivity index (χ2v) is 3.66. The second kappa shape index (κ2) is 6.24. The second-order valence-electron chi connectivity index (χ2n) is 3.66. The van der Waals surface area contributed by atoms with Crippen LogP contribution < -0.4 is 5.73 Å². The third-order valence-corrected chi connectivity index (χ3v) is 2.09. The van der Waals surface area contributed by atoms with Gasteiger partial charge in [-0.1, -0.05) is 6.92 Å². The molecule has 0 aromatic heterocycles. The predicted octanol–water partition coefficient (Wildman–Crippen LogP) is 2.00. The van der Waals surface area contributed by atoms with Crippen LogP contribution in [0.1, 0.15) is 26.2 Å². The number of rotatable bonds is 6. The summed E-state index contributed by atoms with van der Waals surface area (Å²) < 4.78 is 35.7. The van der Waals surface area contributed by atoms with Gasteiger partial charge in [-0.05, 0) is 32.9 Å². The average Bonchev–Trinajstić information content (AvgIpc) is 2.00. The van der Waals surface area contributed by atoms with E-state index in [4.69, 9.17) is 5.73 Å². The minimum absolute atomic E-state index is 0.120. The van der Waals surface area contributed by atoms with Crippen molar-refractivity contribution in [2.75, 3.05) is 20.1 Å². The van der Waals surface area contributed by atoms with E-state index in [1.54, 1.807) is 0 Å². The van der Waals surface area contributed by atoms with Crippen molar-refractivity contribution in [3.63, 3.8) is 0 Å². The number of hydrogen-bond donors (Lipinski definition) is 1. The van der Waals surface area contributed by atoms with E-state index >= 15 is 0 Å². The molecule has 0 spiro atoms. The third kappa shape index (κ3) is 8.31. The van der Waals surface area contributed by atoms with Gasteiger partial charge in [0.05, 0.1) is 6.54 Å². The molecule has 0 bridgehead atoms. The Labute approximate surface area is 83.3 Å². The molecule has 0 saturated carbocycles. The quantitative estimate of drug-likeness (QED) is 0.729. The van der Waals surface area contributed by atoms with Crippen molar-refractivity contribution >= 4 is 0 Å². The Morgan fingerprint density at radius 2 is 1.93 bits per heavy atom. The van der Waals surface area contributed by atoms with Gasteiger partial charge in [0.1, 0.15) is 0 Å². The van der Waals surface area contributed by atoms with Crippen LogP contribution in [0.3, 0.4) is 0 Å². The highest BCUT2D eigenvalue weighted by molar-refractivity contribution is 4.62. The molecule has 0 aliphatic carbocycles. The fourth-order valence-corrected chi connectivity index (χ4v) is 1.21. The van der Waals surface area contributed by atoms with E-state index in [0.717, 1.165) is 19.3 Å². The maximum Gasteiger partial charge on any atom is 0.401 e. The van der Waals surface area contributed by atoms with Crippen LogP contribution in [-0.2, 0) is 0 Å². The molecule has 0 heterocycles. The Hall–Kier alpha value is -0.290. The topological polar surface area (TPSA) is 29.3 Å². The summed E-state index contributed by atoms with van der Waals surface area (Å²) in [5.41, 5.74) is 5.65. The summed E-state index contributed by atoms with van der Waals surface area (Å²) in [4.78, 5) is 1.28. The summed E-state index contributed by atoms with van der Waals surface area (Å²) in [5.74, 6) is 0. The summed E-state index contributed by atoms with van der Waals surface area (Å²) in [6, 6.07) is 0.120. The molecule has 0 amide bonds. The lowest BCUT2D eigenvalue weighted by atomic mass is 10.1. The Balaban J connectivity index is 3.50. The van der Waals surface area contributed by atoms with E-state index < -0.39 is 12.7 Å². The molecule has 5 heteroatoms. The van der Waals surface area contributed by atoms with Crippen LogP contribution in [0, 0.1) is 0 Å². The zero-order valence-electron chi connectivity index (χ0n) is 8.77. The molecule has 0 aliphatic rings. The third-order valence-electron chi connectivity index (χ3n) is 2.09. The summed E-state index contributed by atoms with van der Waals surface area (Å²) in [5, 5.41) is 0. The molecular weight excluding hydrogens is 193 g/mol. The molecule has 1 atom stereocenters. The maximum atomic E-state index is 11.9. The Kier molecular flexibility index (Phi) is 6.11. The average molecular weight is 212 g/mol. The number of halogens is 3. The van der Waals surface area contributed by atoms with Gasteiger partial charge in [0.25, 0.3) is 0 Å². The molecule has 1 unspecified atom stereocenters. The number of alkyl halides is 3. The minimum Gasteiger partial charge on any atom is -0.328 e. The van der Waals surface area contributed by atoms with E-state index in [1.165, 1.54) is 11.9 Å². The highest BCUT2D eigenvalue weighted by atomic mass is 19.4. The first kappa shape index (κ1) is 13.7. The van der Waals surface area contributed by atoms with Crippen LogP contribution >= 0.6 is 0 Å². The van der Waals surface area contributed by atoms with Gasteiger partial charge >= 0.3 is 6.18 Å². The van der Waals surface area contributed by atoms with Crippen LogP contribution in [0.25, 0.3) is 0 Å². The van der Waals surface area contributed by atoms with Crippen molar-refractivity contribution in [3.05, 3.63) is 0 Å². The van der Waals surface area contributed by atoms with E-state index in [9.17, 15) is 13.2 Å². The molecule has 0 aliphatic heterocycles. The zero-order chi connectivity index (χ0) is 11.2. The van der Waals surface area contributed by atoms with Gasteiger partial charge in [0.2, 0.25) is 0 Å². The van der Waals surface area contributed by atoms with Crippen LogP contribution in [-0.4, -0.2) is 37.3 Å². The first-order chi connectivity index (χ1) is 6.35. The van der Waals surface area contributed by atoms with Crippen LogP contribution in [0.15, 0.2) is 0 Å². The molecular formula is C9H19F3N2. The number of nitrogens with two attached hydrogens (primary N) is 1. The van der Waals surface area contributed by atoms with Gasteiger partial charge in [0, 0.05) is 6.04 Å². The Morgan fingerprint density at radius 1 is 1.36 bits per heavy atom. The maximum absolute atomic E-state index is 11.9. The van der Waals surface area contributed by atoms with Gasteiger partial charge in [-0.25, -0.2) is 0 Å². The first-order valence-electron chi connectivity index (χ1n) is 4.86. The van der Waals surface area contributed by atoms with Gasteiger partial charge < -0.3 is 5.73 Å². The largest absolute Gasteiger partial charge is 0.401 e. The van der Waals surface area contributed by atoms with Crippen LogP contribution in [0.5, 0.6) is 0 Å². The standard InChI is InChI=1S/C9H19F3N2/c1-3-8(13)5-4-6-14(2)7-9(10,11)12/h8H,3-7,13H2,1-2H3. The van der Waals surface area contributed by atoms with Crippen molar-refractivity contribution < 1.29 is 13.2 Å². The minimum atomic E-state index is -4.10. The lowest BCUT2D eigenvalue weighted by molar-refractivity contribution is -0.143. The van der Waals surface area contributed by atoms with Crippen molar-refractivity contribution in [2.24, 2.45) is 5.73 Å². The van der Waals surface area contributed by atoms with Crippen molar-refractivity contribution in [1.29, 1.82) is 0 Å². The van der Waals surface area contributed by atoms with Crippen LogP contribution in [0.2, 0.25) is 0 Å². The molecule has 0 aromatic rings. The van der Waals surface area contributed by atoms with Crippen molar-refractivity contribution in [1.82, 2.24) is 4.90 Å². The van der Waals surface area contributed by atoms with E-state index in [1.807, 2.05) is 6.92 Å². The normalized spacial score (nSPS) is 14.8. The predicted molar refractivity (Wildman–Crippen MR) is 51.1 cm³/mol. The SMILES string of the molecule is CCC(N)CCCN(C)CC(F)(F)F. The summed E-state index contributed by atoms with van der Waals surface area (Å²) in [7, 11) is 1.48. The van der Waals surface area contributed by atoms with E-state index in [-0.39, 0.29) is 6.04 Å². The molecule has 0 saturated heterocycles. The molecule has 2 N–H and O–H groups in total. The number of hydrogen-bond acceptors (Lipinski definition) is 2. The molecule has 0 radical (unpaired) electrons. The van der Waals surface area contributed by atoms with Gasteiger partial charge in [0.15, 0.2) is 0 Å². The molecule has 0 fully saturated rings. The molecule has 0 rings (SSSR count). The summed E-state index contributed by atoms with van der Waals surface area (Å²) in [6.45, 7) is 1.59. The highest BCUT2D eigenvalue weighted by Crippen LogP contribution is 2.15. The van der Waals surface area contributed by atoms with Crippen molar-refractivity contribution in [2.45, 2.75) is 38.4 Å². The Bertz CT molecular complexity index is 147. The van der Waals surface area contributed by atoms with Crippen molar-refractivity contribution in [3.8, 4) is 0 Å². The summed E-state index contributed by atoms with van der Waals surface area (Å²) in [6.07, 6.45) is -1.70. The van der Waals surface area contributed by atoms with E-state index in [2.05, 4.69) is 0 Å². The zero-order valence-corrected chi connectivity index (χ0v) is 8.77. The monoisotopic (exact) mass is 212 g/mol. The van der Waals surface area contributed by atoms with Gasteiger partial charge in [-0.15, -0.1) is 0 Å². The van der Waals surface area contributed by atoms with Crippen LogP contribution in [0.4, 0.5) is 13.2 Å². The molecule has 0 aromatic carbocycles. The van der Waals surface area contributed by atoms with E-state index in [0.29, 0.717) is 6.54 Å². The highest BCUT2D eigenvalue weighted by Gasteiger charge is 2.28. The summed E-state index contributed by atoms with van der Waals surface area (Å²) >= 11 is 0. The number of nitrogens with zero attached hydrogens (tertiary/aromatic N) is 1. The lowest BCUT2D eigenvalue weighted by Gasteiger charge is -2.19. The lowest BCUT2D eigenvalue weighted by Crippen LogP contribution is -2.32. The fraction of sp³-hybridized carbons (Fsp3) is 1.00. The fourth-order valence-electron chi connectivity index (χ4n) is 1.21.